The van der Waals surface area contributed by atoms with Crippen molar-refractivity contribution in [1.29, 1.82) is 0 Å². The van der Waals surface area contributed by atoms with Crippen LogP contribution in [0, 0.1) is 13.8 Å². The van der Waals surface area contributed by atoms with Crippen LogP contribution in [0.15, 0.2) is 46.9 Å². The van der Waals surface area contributed by atoms with Crippen LogP contribution >= 0.6 is 15.9 Å². The first kappa shape index (κ1) is 13.2. The van der Waals surface area contributed by atoms with E-state index >= 15 is 0 Å². The molecule has 1 N–H and O–H groups in total. The third-order valence-electron chi connectivity index (χ3n) is 3.10. The Kier molecular flexibility index (Phi) is 4.07. The zero-order valence-electron chi connectivity index (χ0n) is 11.0. The van der Waals surface area contributed by atoms with E-state index in [4.69, 9.17) is 0 Å². The topological polar surface area (TPSA) is 12.0 Å². The minimum atomic E-state index is 0.310. The van der Waals surface area contributed by atoms with Crippen LogP contribution in [0.25, 0.3) is 0 Å². The summed E-state index contributed by atoms with van der Waals surface area (Å²) < 4.78 is 1.12. The van der Waals surface area contributed by atoms with Crippen molar-refractivity contribution in [2.75, 3.05) is 5.32 Å². The summed E-state index contributed by atoms with van der Waals surface area (Å²) in [6, 6.07) is 15.3. The summed E-state index contributed by atoms with van der Waals surface area (Å²) in [5.74, 6) is 0. The Morgan fingerprint density at radius 1 is 1.06 bits per heavy atom. The highest BCUT2D eigenvalue weighted by atomic mass is 79.9. The predicted octanol–water partition coefficient (Wildman–Crippen LogP) is 5.24. The summed E-state index contributed by atoms with van der Waals surface area (Å²) in [5.41, 5.74) is 5.06. The number of benzene rings is 2. The van der Waals surface area contributed by atoms with Crippen LogP contribution in [0.4, 0.5) is 5.69 Å². The highest BCUT2D eigenvalue weighted by molar-refractivity contribution is 9.10. The molecule has 0 saturated heterocycles. The minimum Gasteiger partial charge on any atom is -0.378 e. The average Bonchev–Trinajstić information content (AvgIpc) is 2.32. The van der Waals surface area contributed by atoms with Gasteiger partial charge in [0.25, 0.3) is 0 Å². The molecule has 0 fully saturated rings. The molecular weight excluding hydrogens is 286 g/mol. The Morgan fingerprint density at radius 2 is 1.83 bits per heavy atom. The maximum atomic E-state index is 3.56. The van der Waals surface area contributed by atoms with Crippen molar-refractivity contribution >= 4 is 21.6 Å². The van der Waals surface area contributed by atoms with Crippen molar-refractivity contribution in [3.05, 3.63) is 63.6 Å². The summed E-state index contributed by atoms with van der Waals surface area (Å²) in [5, 5.41) is 3.56. The molecule has 2 rings (SSSR count). The van der Waals surface area contributed by atoms with E-state index in [0.717, 1.165) is 4.47 Å². The van der Waals surface area contributed by atoms with Gasteiger partial charge >= 0.3 is 0 Å². The molecule has 0 saturated carbocycles. The van der Waals surface area contributed by atoms with Gasteiger partial charge in [0, 0.05) is 16.2 Å². The minimum absolute atomic E-state index is 0.310. The fourth-order valence-electron chi connectivity index (χ4n) is 2.05. The Balaban J connectivity index is 2.18. The average molecular weight is 304 g/mol. The van der Waals surface area contributed by atoms with Crippen LogP contribution < -0.4 is 5.32 Å². The van der Waals surface area contributed by atoms with Gasteiger partial charge < -0.3 is 5.32 Å². The lowest BCUT2D eigenvalue weighted by Crippen LogP contribution is -2.07. The molecule has 0 aromatic heterocycles. The summed E-state index contributed by atoms with van der Waals surface area (Å²) in [6.07, 6.45) is 0. The molecule has 1 atom stereocenters. The van der Waals surface area contributed by atoms with Gasteiger partial charge in [-0.3, -0.25) is 0 Å². The number of anilines is 1. The highest BCUT2D eigenvalue weighted by Crippen LogP contribution is 2.25. The molecule has 0 aliphatic heterocycles. The van der Waals surface area contributed by atoms with Gasteiger partial charge in [-0.1, -0.05) is 45.8 Å². The molecule has 0 spiro atoms. The van der Waals surface area contributed by atoms with Crippen LogP contribution in [0.5, 0.6) is 0 Å². The first-order valence-corrected chi connectivity index (χ1v) is 6.95. The number of aryl methyl sites for hydroxylation is 2. The summed E-state index contributed by atoms with van der Waals surface area (Å²) in [7, 11) is 0. The lowest BCUT2D eigenvalue weighted by molar-refractivity contribution is 0.880. The van der Waals surface area contributed by atoms with Crippen LogP contribution in [-0.2, 0) is 0 Å². The number of nitrogens with one attached hydrogen (secondary N) is 1. The number of halogens is 1. The van der Waals surface area contributed by atoms with Crippen LogP contribution in [0.3, 0.4) is 0 Å². The van der Waals surface area contributed by atoms with Crippen molar-refractivity contribution in [3.8, 4) is 0 Å². The van der Waals surface area contributed by atoms with E-state index in [0.29, 0.717) is 6.04 Å². The second kappa shape index (κ2) is 5.57. The Morgan fingerprint density at radius 3 is 2.50 bits per heavy atom. The molecule has 0 aliphatic carbocycles. The molecule has 0 radical (unpaired) electrons. The summed E-state index contributed by atoms with van der Waals surface area (Å²) >= 11 is 3.49. The maximum absolute atomic E-state index is 3.56. The second-order valence-corrected chi connectivity index (χ2v) is 5.66. The largest absolute Gasteiger partial charge is 0.378 e. The van der Waals surface area contributed by atoms with Crippen molar-refractivity contribution in [2.24, 2.45) is 0 Å². The van der Waals surface area contributed by atoms with Crippen molar-refractivity contribution < 1.29 is 0 Å². The molecule has 2 aromatic rings. The fraction of sp³-hybridized carbons (Fsp3) is 0.250. The maximum Gasteiger partial charge on any atom is 0.0485 e. The van der Waals surface area contributed by atoms with Gasteiger partial charge in [-0.25, -0.2) is 0 Å². The third-order valence-corrected chi connectivity index (χ3v) is 3.60. The Hall–Kier alpha value is -1.28. The van der Waals surface area contributed by atoms with Gasteiger partial charge in [0.1, 0.15) is 0 Å². The second-order valence-electron chi connectivity index (χ2n) is 4.74. The number of hydrogen-bond acceptors (Lipinski definition) is 1. The van der Waals surface area contributed by atoms with Crippen molar-refractivity contribution in [3.63, 3.8) is 0 Å². The zero-order valence-corrected chi connectivity index (χ0v) is 12.6. The Labute approximate surface area is 117 Å². The molecule has 94 valence electrons. The van der Waals surface area contributed by atoms with E-state index < -0.39 is 0 Å². The first-order chi connectivity index (χ1) is 8.56. The lowest BCUT2D eigenvalue weighted by atomic mass is 10.0. The van der Waals surface area contributed by atoms with Crippen molar-refractivity contribution in [1.82, 2.24) is 0 Å². The third kappa shape index (κ3) is 3.14. The SMILES string of the molecule is Cc1cccc(C(C)Nc2ccc(Br)cc2C)c1. The van der Waals surface area contributed by atoms with Gasteiger partial charge in [0.2, 0.25) is 0 Å². The zero-order chi connectivity index (χ0) is 13.1. The van der Waals surface area contributed by atoms with E-state index in [1.54, 1.807) is 0 Å². The lowest BCUT2D eigenvalue weighted by Gasteiger charge is -2.18. The number of rotatable bonds is 3. The molecule has 1 unspecified atom stereocenters. The van der Waals surface area contributed by atoms with E-state index in [2.05, 4.69) is 84.5 Å². The molecule has 2 heteroatoms. The smallest absolute Gasteiger partial charge is 0.0485 e. The van der Waals surface area contributed by atoms with Gasteiger partial charge in [0.15, 0.2) is 0 Å². The Bertz CT molecular complexity index is 549. The normalized spacial score (nSPS) is 12.2. The molecule has 0 heterocycles. The van der Waals surface area contributed by atoms with Crippen LogP contribution in [-0.4, -0.2) is 0 Å². The predicted molar refractivity (Wildman–Crippen MR) is 82.1 cm³/mol. The van der Waals surface area contributed by atoms with Gasteiger partial charge in [-0.15, -0.1) is 0 Å². The van der Waals surface area contributed by atoms with Gasteiger partial charge in [0.05, 0.1) is 0 Å². The molecule has 0 bridgehead atoms. The van der Waals surface area contributed by atoms with E-state index in [-0.39, 0.29) is 0 Å². The molecule has 2 aromatic carbocycles. The van der Waals surface area contributed by atoms with Crippen LogP contribution in [0.2, 0.25) is 0 Å². The van der Waals surface area contributed by atoms with Gasteiger partial charge in [-0.05, 0) is 50.1 Å². The van der Waals surface area contributed by atoms with Crippen molar-refractivity contribution in [2.45, 2.75) is 26.8 Å². The molecule has 0 aliphatic rings. The van der Waals surface area contributed by atoms with E-state index in [1.807, 2.05) is 0 Å². The monoisotopic (exact) mass is 303 g/mol. The first-order valence-electron chi connectivity index (χ1n) is 6.15. The standard InChI is InChI=1S/C16H18BrN/c1-11-5-4-6-14(9-11)13(3)18-16-8-7-15(17)10-12(16)2/h4-10,13,18H,1-3H3. The molecule has 1 nitrogen and oxygen atoms in total. The van der Waals surface area contributed by atoms with Gasteiger partial charge in [-0.2, -0.15) is 0 Å². The van der Waals surface area contributed by atoms with Crippen LogP contribution in [0.1, 0.15) is 29.7 Å². The quantitative estimate of drug-likeness (QED) is 0.817. The van der Waals surface area contributed by atoms with E-state index in [1.165, 1.54) is 22.4 Å². The summed E-state index contributed by atoms with van der Waals surface area (Å²) in [4.78, 5) is 0. The summed E-state index contributed by atoms with van der Waals surface area (Å²) in [6.45, 7) is 6.44. The fourth-order valence-corrected chi connectivity index (χ4v) is 2.52. The van der Waals surface area contributed by atoms with E-state index in [9.17, 15) is 0 Å². The number of hydrogen-bond donors (Lipinski definition) is 1. The highest BCUT2D eigenvalue weighted by Gasteiger charge is 2.07. The molecule has 18 heavy (non-hydrogen) atoms. The molecular formula is C16H18BrN. The molecule has 0 amide bonds.